The van der Waals surface area contributed by atoms with Crippen molar-refractivity contribution < 1.29 is 9.53 Å². The van der Waals surface area contributed by atoms with Crippen molar-refractivity contribution in [3.63, 3.8) is 0 Å². The number of hydrogen-bond acceptors (Lipinski definition) is 4. The van der Waals surface area contributed by atoms with E-state index in [1.54, 1.807) is 35.5 Å². The number of halogens is 1. The maximum Gasteiger partial charge on any atom is 0.322 e. The second-order valence-corrected chi connectivity index (χ2v) is 5.68. The molecule has 0 bridgehead atoms. The van der Waals surface area contributed by atoms with Gasteiger partial charge < -0.3 is 15.0 Å². The number of urea groups is 1. The molecule has 1 saturated heterocycles. The van der Waals surface area contributed by atoms with Crippen molar-refractivity contribution in [1.82, 2.24) is 14.9 Å². The van der Waals surface area contributed by atoms with E-state index in [0.29, 0.717) is 29.8 Å². The van der Waals surface area contributed by atoms with Crippen LogP contribution in [0.1, 0.15) is 12.8 Å². The van der Waals surface area contributed by atoms with E-state index >= 15 is 0 Å². The summed E-state index contributed by atoms with van der Waals surface area (Å²) in [6, 6.07) is 9.06. The first-order valence-electron chi connectivity index (χ1n) is 7.46. The first-order chi connectivity index (χ1) is 11.2. The molecule has 1 N–H and O–H groups in total. The Morgan fingerprint density at radius 3 is 2.83 bits per heavy atom. The molecule has 7 heteroatoms. The number of likely N-dealkylation sites (tertiary alicyclic amines) is 1. The van der Waals surface area contributed by atoms with Crippen LogP contribution in [0.25, 0.3) is 0 Å². The van der Waals surface area contributed by atoms with E-state index in [1.165, 1.54) is 0 Å². The molecular weight excluding hydrogens is 316 g/mol. The van der Waals surface area contributed by atoms with Gasteiger partial charge in [-0.05, 0) is 31.0 Å². The summed E-state index contributed by atoms with van der Waals surface area (Å²) in [7, 11) is 0. The molecule has 2 aromatic rings. The van der Waals surface area contributed by atoms with E-state index < -0.39 is 0 Å². The molecule has 120 valence electrons. The number of aromatic nitrogens is 2. The molecule has 6 nitrogen and oxygen atoms in total. The Bertz CT molecular complexity index is 668. The Labute approximate surface area is 139 Å². The van der Waals surface area contributed by atoms with E-state index in [2.05, 4.69) is 15.3 Å². The molecule has 0 aliphatic carbocycles. The molecule has 23 heavy (non-hydrogen) atoms. The van der Waals surface area contributed by atoms with Crippen molar-refractivity contribution >= 4 is 23.3 Å². The van der Waals surface area contributed by atoms with Crippen LogP contribution in [0, 0.1) is 0 Å². The lowest BCUT2D eigenvalue weighted by Gasteiger charge is -2.32. The second kappa shape index (κ2) is 7.28. The van der Waals surface area contributed by atoms with Gasteiger partial charge in [0.1, 0.15) is 6.10 Å². The SMILES string of the molecule is O=C(Nc1ccccc1Cl)N1CCC[C@@H](Oc2ncccn2)C1. The number of hydrogen-bond donors (Lipinski definition) is 1. The average molecular weight is 333 g/mol. The van der Waals surface area contributed by atoms with Crippen molar-refractivity contribution in [2.45, 2.75) is 18.9 Å². The van der Waals surface area contributed by atoms with Gasteiger partial charge in [0, 0.05) is 18.9 Å². The number of ether oxygens (including phenoxy) is 1. The molecular formula is C16H17ClN4O2. The van der Waals surface area contributed by atoms with Crippen LogP contribution in [0.4, 0.5) is 10.5 Å². The molecule has 1 aromatic carbocycles. The molecule has 2 amide bonds. The number of amides is 2. The lowest BCUT2D eigenvalue weighted by atomic mass is 10.1. The number of carbonyl (C=O) groups is 1. The summed E-state index contributed by atoms with van der Waals surface area (Å²) in [5.41, 5.74) is 0.605. The average Bonchev–Trinajstić information content (AvgIpc) is 2.58. The molecule has 1 aliphatic heterocycles. The summed E-state index contributed by atoms with van der Waals surface area (Å²) >= 11 is 6.07. The van der Waals surface area contributed by atoms with Gasteiger partial charge in [0.15, 0.2) is 0 Å². The number of rotatable bonds is 3. The van der Waals surface area contributed by atoms with Gasteiger partial charge in [-0.25, -0.2) is 14.8 Å². The number of para-hydroxylation sites is 1. The van der Waals surface area contributed by atoms with Crippen LogP contribution in [0.5, 0.6) is 6.01 Å². The Morgan fingerprint density at radius 2 is 2.04 bits per heavy atom. The monoisotopic (exact) mass is 332 g/mol. The van der Waals surface area contributed by atoms with E-state index in [0.717, 1.165) is 12.8 Å². The second-order valence-electron chi connectivity index (χ2n) is 5.27. The van der Waals surface area contributed by atoms with Crippen molar-refractivity contribution in [2.24, 2.45) is 0 Å². The highest BCUT2D eigenvalue weighted by Gasteiger charge is 2.25. The highest BCUT2D eigenvalue weighted by molar-refractivity contribution is 6.33. The molecule has 0 unspecified atom stereocenters. The van der Waals surface area contributed by atoms with Gasteiger partial charge in [0.25, 0.3) is 0 Å². The summed E-state index contributed by atoms with van der Waals surface area (Å²) < 4.78 is 5.74. The summed E-state index contributed by atoms with van der Waals surface area (Å²) in [6.07, 6.45) is 4.89. The lowest BCUT2D eigenvalue weighted by Crippen LogP contribution is -2.46. The third-order valence-corrected chi connectivity index (χ3v) is 3.92. The fourth-order valence-corrected chi connectivity index (χ4v) is 2.65. The maximum absolute atomic E-state index is 12.4. The smallest absolute Gasteiger partial charge is 0.322 e. The number of carbonyl (C=O) groups excluding carboxylic acids is 1. The molecule has 1 aromatic heterocycles. The van der Waals surface area contributed by atoms with Gasteiger partial charge in [-0.15, -0.1) is 0 Å². The number of benzene rings is 1. The maximum atomic E-state index is 12.4. The van der Waals surface area contributed by atoms with Crippen molar-refractivity contribution in [2.75, 3.05) is 18.4 Å². The third kappa shape index (κ3) is 4.10. The number of nitrogens with zero attached hydrogens (tertiary/aromatic N) is 3. The number of piperidine rings is 1. The normalized spacial score (nSPS) is 17.6. The topological polar surface area (TPSA) is 67.4 Å². The van der Waals surface area contributed by atoms with E-state index in [4.69, 9.17) is 16.3 Å². The van der Waals surface area contributed by atoms with Crippen LogP contribution in [0.2, 0.25) is 5.02 Å². The van der Waals surface area contributed by atoms with E-state index in [9.17, 15) is 4.79 Å². The molecule has 0 spiro atoms. The fraction of sp³-hybridized carbons (Fsp3) is 0.312. The standard InChI is InChI=1S/C16H17ClN4O2/c17-13-6-1-2-7-14(13)20-16(22)21-10-3-5-12(11-21)23-15-18-8-4-9-19-15/h1-2,4,6-9,12H,3,5,10-11H2,(H,20,22)/t12-/m1/s1. The van der Waals surface area contributed by atoms with Crippen molar-refractivity contribution in [1.29, 1.82) is 0 Å². The molecule has 1 aliphatic rings. The first kappa shape index (κ1) is 15.6. The highest BCUT2D eigenvalue weighted by Crippen LogP contribution is 2.22. The zero-order valence-electron chi connectivity index (χ0n) is 12.5. The van der Waals surface area contributed by atoms with Crippen LogP contribution in [0.15, 0.2) is 42.7 Å². The first-order valence-corrected chi connectivity index (χ1v) is 7.84. The molecule has 1 fully saturated rings. The Balaban J connectivity index is 1.59. The number of anilines is 1. The van der Waals surface area contributed by atoms with Gasteiger partial charge >= 0.3 is 12.0 Å². The van der Waals surface area contributed by atoms with E-state index in [1.807, 2.05) is 12.1 Å². The minimum atomic E-state index is -0.180. The fourth-order valence-electron chi connectivity index (χ4n) is 2.47. The number of nitrogens with one attached hydrogen (secondary N) is 1. The van der Waals surface area contributed by atoms with Crippen LogP contribution >= 0.6 is 11.6 Å². The molecule has 0 saturated carbocycles. The summed E-state index contributed by atoms with van der Waals surface area (Å²) in [6.45, 7) is 1.18. The van der Waals surface area contributed by atoms with Crippen LogP contribution in [0.3, 0.4) is 0 Å². The Hall–Kier alpha value is -2.34. The Kier molecular flexibility index (Phi) is 4.92. The predicted molar refractivity (Wildman–Crippen MR) is 87.7 cm³/mol. The molecule has 0 radical (unpaired) electrons. The van der Waals surface area contributed by atoms with Crippen LogP contribution in [-0.2, 0) is 0 Å². The minimum Gasteiger partial charge on any atom is -0.458 e. The third-order valence-electron chi connectivity index (χ3n) is 3.59. The van der Waals surface area contributed by atoms with E-state index in [-0.39, 0.29) is 12.1 Å². The van der Waals surface area contributed by atoms with Gasteiger partial charge in [-0.1, -0.05) is 23.7 Å². The molecule has 1 atom stereocenters. The molecule has 3 rings (SSSR count). The summed E-state index contributed by atoms with van der Waals surface area (Å²) in [5, 5.41) is 3.35. The van der Waals surface area contributed by atoms with Crippen molar-refractivity contribution in [3.05, 3.63) is 47.7 Å². The van der Waals surface area contributed by atoms with Gasteiger partial charge in [0.05, 0.1) is 17.3 Å². The van der Waals surface area contributed by atoms with Gasteiger partial charge in [0.2, 0.25) is 0 Å². The molecule has 2 heterocycles. The van der Waals surface area contributed by atoms with Crippen LogP contribution < -0.4 is 10.1 Å². The minimum absolute atomic E-state index is 0.108. The Morgan fingerprint density at radius 1 is 1.26 bits per heavy atom. The zero-order chi connectivity index (χ0) is 16.1. The highest BCUT2D eigenvalue weighted by atomic mass is 35.5. The zero-order valence-corrected chi connectivity index (χ0v) is 13.2. The van der Waals surface area contributed by atoms with Gasteiger partial charge in [-0.2, -0.15) is 0 Å². The lowest BCUT2D eigenvalue weighted by molar-refractivity contribution is 0.0983. The summed E-state index contributed by atoms with van der Waals surface area (Å²) in [4.78, 5) is 22.2. The quantitative estimate of drug-likeness (QED) is 0.937. The van der Waals surface area contributed by atoms with Crippen LogP contribution in [-0.4, -0.2) is 40.1 Å². The largest absolute Gasteiger partial charge is 0.458 e. The van der Waals surface area contributed by atoms with Crippen molar-refractivity contribution in [3.8, 4) is 6.01 Å². The summed E-state index contributed by atoms with van der Waals surface area (Å²) in [5.74, 6) is 0. The predicted octanol–water partition coefficient (Wildman–Crippen LogP) is 3.21. The van der Waals surface area contributed by atoms with Gasteiger partial charge in [-0.3, -0.25) is 0 Å².